The molecule has 0 unspecified atom stereocenters. The van der Waals surface area contributed by atoms with Gasteiger partial charge < -0.3 is 55.4 Å². The number of carbonyl (C=O) groups is 7. The maximum atomic E-state index is 12.7. The number of carboxylic acid groups (broad SMARTS) is 2. The molecule has 7 N–H and O–H groups in total. The standard InChI is InChI=1S/C18H26N2O3.C17H25NO4.C16H22INO4.C8H7F3INO.C8H13N3O2.C7H9IN2O2/c1-13-4-6-14(7-5-13)12-15(16(21)22)20-17(23)18(10-11-19)8-2-3-9-18;1-6-21-15(19)14(18-16(20)22-17(3,4)5)11-13-9-7-12(2)8-10-13;1-5-21-14(19)13(18-15(20)22-16(2,3)4)10-11-6-8-12(17)9-7-11;1-4-3-5(8(9,10)11)6(12)7(14)13(4)2;9-11-10-6-5-8(7(12)13)3-1-2-4-8;1-4-5(8)6(11)10(3)7(12)9(4)2/h4-7,15H,2-3,8-12,19H2,1H3,(H,20,23)(H,21,22);7-10,14H,6,11H2,1-5H3,(H,18,20);6-9,13H,5,10H2,1-4H3,(H,18,20);3H,1-2H3;1-6H2,(H,12,13);1-3H3/t15-;14-;13-;;;/m000.../s1. The van der Waals surface area contributed by atoms with Gasteiger partial charge in [0, 0.05) is 66.8 Å². The average molecular weight is 1830 g/mol. The normalized spacial score (nSPS) is 14.1. The monoisotopic (exact) mass is 1820 g/mol. The molecule has 0 bridgehead atoms. The van der Waals surface area contributed by atoms with Gasteiger partial charge >= 0.3 is 47.9 Å². The van der Waals surface area contributed by atoms with Crippen LogP contribution in [0.25, 0.3) is 10.4 Å². The van der Waals surface area contributed by atoms with E-state index in [4.69, 9.17) is 35.3 Å². The number of alkyl carbamates (subject to hydrolysis) is 2. The molecule has 3 amide bonds. The number of rotatable bonds is 21. The molecule has 26 nitrogen and oxygen atoms in total. The zero-order valence-corrected chi connectivity index (χ0v) is 69.4. The number of nitrogens with two attached hydrogens (primary N) is 1. The van der Waals surface area contributed by atoms with Crippen molar-refractivity contribution in [3.63, 3.8) is 0 Å². The molecule has 2 fully saturated rings. The fourth-order valence-electron chi connectivity index (χ4n) is 10.8. The second-order valence-electron chi connectivity index (χ2n) is 27.5. The molecule has 7 rings (SSSR count). The fraction of sp³-hybridized carbons (Fsp3) is 0.541. The van der Waals surface area contributed by atoms with Crippen molar-refractivity contribution in [3.05, 3.63) is 176 Å². The molecule has 3 aromatic carbocycles. The number of halogens is 6. The van der Waals surface area contributed by atoms with Crippen molar-refractivity contribution in [2.45, 2.75) is 202 Å². The van der Waals surface area contributed by atoms with Gasteiger partial charge in [-0.3, -0.25) is 28.3 Å². The number of hydrogen-bond acceptors (Lipinski definition) is 16. The van der Waals surface area contributed by atoms with E-state index in [1.807, 2.05) is 109 Å². The Labute approximate surface area is 657 Å². The van der Waals surface area contributed by atoms with Gasteiger partial charge in [0.15, 0.2) is 0 Å². The molecule has 2 aliphatic carbocycles. The molecule has 106 heavy (non-hydrogen) atoms. The molecular weight excluding hydrogens is 1720 g/mol. The van der Waals surface area contributed by atoms with E-state index in [0.717, 1.165) is 93.4 Å². The molecule has 32 heteroatoms. The SMILES string of the molecule is CCOC(=O)[C@H](Cc1ccc(C)cc1)NC(=O)OC(C)(C)C.CCOC(=O)[C@H](Cc1ccc(I)cc1)NC(=O)OC(C)(C)C.Cc1c(I)c(=O)n(C)c(=O)n1C.Cc1cc(C(F)(F)F)c(I)c(=O)n1C.Cc1ccc(C[C@H](NC(=O)C2(CCN)CCCC2)C(=O)O)cc1.[N-]=[N+]=NCCC1(C(=O)O)CCCC1. The highest BCUT2D eigenvalue weighted by Gasteiger charge is 2.43. The van der Waals surface area contributed by atoms with Crippen LogP contribution in [-0.4, -0.2) is 122 Å². The van der Waals surface area contributed by atoms with Gasteiger partial charge in [0.1, 0.15) is 29.3 Å². The molecule has 5 aromatic rings. The minimum absolute atomic E-state index is 0.153. The Morgan fingerprint density at radius 1 is 0.604 bits per heavy atom. The summed E-state index contributed by atoms with van der Waals surface area (Å²) in [5, 5.41) is 29.8. The lowest BCUT2D eigenvalue weighted by Crippen LogP contribution is -2.49. The smallest absolute Gasteiger partial charge is 0.417 e. The minimum Gasteiger partial charge on any atom is -0.481 e. The Balaban J connectivity index is 0.000000440. The number of alkyl halides is 3. The maximum absolute atomic E-state index is 12.7. The topological polar surface area (TPSA) is 374 Å². The van der Waals surface area contributed by atoms with Crippen molar-refractivity contribution in [3.8, 4) is 0 Å². The summed E-state index contributed by atoms with van der Waals surface area (Å²) in [5.74, 6) is -2.82. The predicted molar refractivity (Wildman–Crippen MR) is 422 cm³/mol. The Morgan fingerprint density at radius 3 is 1.37 bits per heavy atom. The van der Waals surface area contributed by atoms with E-state index < -0.39 is 93.5 Å². The van der Waals surface area contributed by atoms with Gasteiger partial charge in [0.2, 0.25) is 5.91 Å². The number of aliphatic carboxylic acids is 2. The molecule has 0 radical (unpaired) electrons. The van der Waals surface area contributed by atoms with Crippen molar-refractivity contribution in [2.75, 3.05) is 26.3 Å². The van der Waals surface area contributed by atoms with E-state index in [1.54, 1.807) is 69.4 Å². The summed E-state index contributed by atoms with van der Waals surface area (Å²) in [6.45, 7) is 22.5. The number of benzene rings is 3. The third-order valence-electron chi connectivity index (χ3n) is 16.8. The van der Waals surface area contributed by atoms with Crippen LogP contribution in [0.3, 0.4) is 0 Å². The van der Waals surface area contributed by atoms with Crippen molar-refractivity contribution in [1.82, 2.24) is 29.7 Å². The highest BCUT2D eigenvalue weighted by molar-refractivity contribution is 14.1. The highest BCUT2D eigenvalue weighted by atomic mass is 127. The number of aromatic nitrogens is 3. The van der Waals surface area contributed by atoms with Crippen LogP contribution in [0.2, 0.25) is 0 Å². The van der Waals surface area contributed by atoms with Gasteiger partial charge in [0.25, 0.3) is 11.1 Å². The van der Waals surface area contributed by atoms with Gasteiger partial charge in [-0.25, -0.2) is 28.8 Å². The summed E-state index contributed by atoms with van der Waals surface area (Å²) in [7, 11) is 4.57. The molecule has 0 aliphatic heterocycles. The number of nitrogens with one attached hydrogen (secondary N) is 3. The van der Waals surface area contributed by atoms with E-state index in [2.05, 4.69) is 48.6 Å². The molecule has 586 valence electrons. The van der Waals surface area contributed by atoms with Crippen molar-refractivity contribution in [1.29, 1.82) is 0 Å². The summed E-state index contributed by atoms with van der Waals surface area (Å²) in [4.78, 5) is 120. The van der Waals surface area contributed by atoms with Crippen LogP contribution in [0.4, 0.5) is 22.8 Å². The lowest BCUT2D eigenvalue weighted by molar-refractivity contribution is -0.149. The molecular formula is C74H102F3I3N10O16. The number of aryl methyl sites for hydroxylation is 3. The van der Waals surface area contributed by atoms with Crippen LogP contribution in [0.5, 0.6) is 0 Å². The van der Waals surface area contributed by atoms with E-state index >= 15 is 0 Å². The fourth-order valence-corrected chi connectivity index (χ4v) is 12.7. The lowest BCUT2D eigenvalue weighted by Gasteiger charge is -2.29. The second-order valence-corrected chi connectivity index (χ2v) is 30.9. The van der Waals surface area contributed by atoms with Crippen LogP contribution in [0.15, 0.2) is 98.4 Å². The van der Waals surface area contributed by atoms with E-state index in [-0.39, 0.29) is 33.9 Å². The third kappa shape index (κ3) is 32.5. The molecule has 0 spiro atoms. The molecule has 3 atom stereocenters. The first-order valence-corrected chi connectivity index (χ1v) is 37.6. The first kappa shape index (κ1) is 94.5. The van der Waals surface area contributed by atoms with E-state index in [0.29, 0.717) is 60.2 Å². The summed E-state index contributed by atoms with van der Waals surface area (Å²) < 4.78 is 62.8. The number of carboxylic acids is 2. The Bertz CT molecular complexity index is 3840. The van der Waals surface area contributed by atoms with Gasteiger partial charge in [-0.1, -0.05) is 103 Å². The van der Waals surface area contributed by atoms with Gasteiger partial charge in [-0.2, -0.15) is 13.2 Å². The Morgan fingerprint density at radius 2 is 1.00 bits per heavy atom. The average Bonchev–Trinajstić information content (AvgIpc) is 1.46. The number of hydrogen-bond donors (Lipinski definition) is 6. The zero-order chi connectivity index (χ0) is 80.7. The van der Waals surface area contributed by atoms with Crippen LogP contribution in [0.1, 0.15) is 164 Å². The van der Waals surface area contributed by atoms with Crippen LogP contribution in [0, 0.1) is 49.2 Å². The summed E-state index contributed by atoms with van der Waals surface area (Å²) in [6, 6.07) is 21.8. The number of esters is 2. The van der Waals surface area contributed by atoms with Crippen LogP contribution >= 0.6 is 67.8 Å². The molecule has 0 saturated heterocycles. The highest BCUT2D eigenvalue weighted by Crippen LogP contribution is 2.42. The third-order valence-corrected chi connectivity index (χ3v) is 19.8. The second kappa shape index (κ2) is 44.7. The number of azide groups is 1. The van der Waals surface area contributed by atoms with Gasteiger partial charge in [0.05, 0.1) is 36.7 Å². The summed E-state index contributed by atoms with van der Waals surface area (Å²) in [6.07, 6.45) is 3.39. The van der Waals surface area contributed by atoms with Crippen molar-refractivity contribution >= 4 is 110 Å². The Kier molecular flexibility index (Phi) is 39.8. The lowest BCUT2D eigenvalue weighted by atomic mass is 9.81. The van der Waals surface area contributed by atoms with Crippen LogP contribution in [-0.2, 0) is 89.5 Å². The number of amides is 3. The van der Waals surface area contributed by atoms with E-state index in [9.17, 15) is 66.2 Å². The minimum atomic E-state index is -4.46. The quantitative estimate of drug-likeness (QED) is 0.00992. The largest absolute Gasteiger partial charge is 0.481 e. The molecule has 2 heterocycles. The number of pyridine rings is 1. The van der Waals surface area contributed by atoms with Gasteiger partial charge in [-0.15, -0.1) is 0 Å². The molecule has 2 aliphatic rings. The molecule has 2 aromatic heterocycles. The first-order valence-electron chi connectivity index (χ1n) is 34.3. The molecule has 2 saturated carbocycles. The number of carbonyl (C=O) groups excluding carboxylic acids is 5. The first-order chi connectivity index (χ1) is 49.3. The zero-order valence-electron chi connectivity index (χ0n) is 62.9. The summed E-state index contributed by atoms with van der Waals surface area (Å²) in [5.41, 5.74) is 15.5. The van der Waals surface area contributed by atoms with E-state index in [1.165, 1.54) is 52.7 Å². The summed E-state index contributed by atoms with van der Waals surface area (Å²) >= 11 is 5.57. The number of nitrogens with zero attached hydrogens (tertiary/aromatic N) is 6. The van der Waals surface area contributed by atoms with Gasteiger partial charge in [-0.05, 0) is 236 Å². The predicted octanol–water partition coefficient (Wildman–Crippen LogP) is 12.9. The Hall–Kier alpha value is -7.57. The van der Waals surface area contributed by atoms with Crippen molar-refractivity contribution in [2.24, 2.45) is 42.8 Å². The van der Waals surface area contributed by atoms with Crippen LogP contribution < -0.4 is 38.5 Å². The number of ether oxygens (including phenoxy) is 4. The maximum Gasteiger partial charge on any atom is 0.417 e. The van der Waals surface area contributed by atoms with Crippen molar-refractivity contribution < 1.29 is 75.9 Å².